The zero-order valence-electron chi connectivity index (χ0n) is 24.9. The molecule has 1 fully saturated rings. The molecule has 0 aliphatic carbocycles. The second kappa shape index (κ2) is 13.5. The van der Waals surface area contributed by atoms with Crippen LogP contribution in [0.25, 0.3) is 22.1 Å². The van der Waals surface area contributed by atoms with Crippen LogP contribution in [0, 0.1) is 6.92 Å². The van der Waals surface area contributed by atoms with Crippen molar-refractivity contribution in [3.05, 3.63) is 94.0 Å². The molecule has 0 bridgehead atoms. The summed E-state index contributed by atoms with van der Waals surface area (Å²) in [6.07, 6.45) is 2.16. The molecular weight excluding hydrogens is 636 g/mol. The molecule has 3 aromatic carbocycles. The lowest BCUT2D eigenvalue weighted by Gasteiger charge is -2.40. The van der Waals surface area contributed by atoms with Gasteiger partial charge in [-0.2, -0.15) is 0 Å². The first-order valence-corrected chi connectivity index (χ1v) is 16.8. The van der Waals surface area contributed by atoms with E-state index in [-0.39, 0.29) is 17.9 Å². The Morgan fingerprint density at radius 2 is 1.82 bits per heavy atom. The molecule has 1 unspecified atom stereocenters. The van der Waals surface area contributed by atoms with Crippen molar-refractivity contribution in [2.24, 2.45) is 0 Å². The summed E-state index contributed by atoms with van der Waals surface area (Å²) < 4.78 is 3.11. The Hall–Kier alpha value is -3.76. The molecule has 5 aromatic rings. The van der Waals surface area contributed by atoms with Gasteiger partial charge in [0.15, 0.2) is 5.65 Å². The monoisotopic (exact) mass is 670 g/mol. The first-order valence-electron chi connectivity index (χ1n) is 15.0. The number of benzene rings is 3. The molecule has 1 aliphatic heterocycles. The molecule has 1 saturated heterocycles. The largest absolute Gasteiger partial charge is 0.339 e. The van der Waals surface area contributed by atoms with Crippen LogP contribution in [0.5, 0.6) is 0 Å². The van der Waals surface area contributed by atoms with E-state index in [0.717, 1.165) is 45.1 Å². The molecule has 2 aromatic heterocycles. The van der Waals surface area contributed by atoms with Gasteiger partial charge in [-0.05, 0) is 62.6 Å². The second-order valence-electron chi connectivity index (χ2n) is 11.4. The molecule has 0 radical (unpaired) electrons. The molecule has 8 nitrogen and oxygen atoms in total. The van der Waals surface area contributed by atoms with Gasteiger partial charge in [0, 0.05) is 59.8 Å². The van der Waals surface area contributed by atoms with E-state index in [4.69, 9.17) is 4.98 Å². The lowest BCUT2D eigenvalue weighted by Crippen LogP contribution is -2.55. The van der Waals surface area contributed by atoms with Crippen LogP contribution in [0.4, 0.5) is 0 Å². The minimum atomic E-state index is -0.0318. The number of carbonyl (C=O) groups is 2. The molecule has 1 atom stereocenters. The van der Waals surface area contributed by atoms with Crippen LogP contribution in [0.1, 0.15) is 47.7 Å². The fraction of sp³-hybridized carbons (Fsp3) is 0.324. The molecular formula is C34H35BrN6O2S. The number of amides is 2. The van der Waals surface area contributed by atoms with Crippen molar-refractivity contribution in [3.63, 3.8) is 0 Å². The molecule has 0 saturated carbocycles. The molecule has 0 spiro atoms. The van der Waals surface area contributed by atoms with Crippen molar-refractivity contribution in [2.45, 2.75) is 50.9 Å². The molecule has 3 heterocycles. The quantitative estimate of drug-likeness (QED) is 0.128. The van der Waals surface area contributed by atoms with Crippen molar-refractivity contribution < 1.29 is 9.59 Å². The van der Waals surface area contributed by atoms with E-state index in [2.05, 4.69) is 80.1 Å². The Bertz CT molecular complexity index is 1810. The van der Waals surface area contributed by atoms with Crippen LogP contribution in [0.15, 0.2) is 82.4 Å². The average Bonchev–Trinajstić information content (AvgIpc) is 3.32. The fourth-order valence-electron chi connectivity index (χ4n) is 5.82. The van der Waals surface area contributed by atoms with E-state index in [1.807, 2.05) is 47.1 Å². The smallest absolute Gasteiger partial charge is 0.254 e. The maximum absolute atomic E-state index is 13.0. The molecule has 6 rings (SSSR count). The SMILES string of the molecule is Cc1ccc2c(c1)c1nnc(SCCCCC(=O)N3CCN(C(=O)c4cccc(Br)c4)C(C)C3)nc1n2Cc1ccccc1. The van der Waals surface area contributed by atoms with Gasteiger partial charge in [0.05, 0.1) is 5.52 Å². The highest BCUT2D eigenvalue weighted by molar-refractivity contribution is 9.10. The van der Waals surface area contributed by atoms with Crippen LogP contribution < -0.4 is 0 Å². The summed E-state index contributed by atoms with van der Waals surface area (Å²) in [5.41, 5.74) is 5.81. The van der Waals surface area contributed by atoms with Crippen molar-refractivity contribution in [1.82, 2.24) is 29.5 Å². The summed E-state index contributed by atoms with van der Waals surface area (Å²) >= 11 is 5.03. The highest BCUT2D eigenvalue weighted by Crippen LogP contribution is 2.29. The standard InChI is InChI=1S/C34H35BrN6O2S/c1-23-14-15-29-28(19-23)31-32(41(29)22-25-9-4-3-5-10-25)36-34(38-37-31)44-18-7-6-13-30(42)39-16-17-40(24(2)21-39)33(43)26-11-8-12-27(35)20-26/h3-5,8-12,14-15,19-20,24H,6-7,13,16-18,21-22H2,1-2H3. The number of carbonyl (C=O) groups excluding carboxylic acids is 2. The molecule has 2 amide bonds. The Labute approximate surface area is 270 Å². The van der Waals surface area contributed by atoms with E-state index < -0.39 is 0 Å². The van der Waals surface area contributed by atoms with Crippen LogP contribution in [0.3, 0.4) is 0 Å². The van der Waals surface area contributed by atoms with Gasteiger partial charge in [-0.1, -0.05) is 75.7 Å². The number of aromatic nitrogens is 4. The van der Waals surface area contributed by atoms with E-state index >= 15 is 0 Å². The maximum Gasteiger partial charge on any atom is 0.254 e. The van der Waals surface area contributed by atoms with Gasteiger partial charge in [-0.25, -0.2) is 4.98 Å². The molecule has 44 heavy (non-hydrogen) atoms. The van der Waals surface area contributed by atoms with Crippen molar-refractivity contribution >= 4 is 61.6 Å². The molecule has 0 N–H and O–H groups in total. The highest BCUT2D eigenvalue weighted by Gasteiger charge is 2.30. The summed E-state index contributed by atoms with van der Waals surface area (Å²) in [4.78, 5) is 34.7. The van der Waals surface area contributed by atoms with Crippen molar-refractivity contribution in [3.8, 4) is 0 Å². The van der Waals surface area contributed by atoms with Gasteiger partial charge in [0.1, 0.15) is 5.52 Å². The van der Waals surface area contributed by atoms with E-state index in [1.165, 1.54) is 11.1 Å². The summed E-state index contributed by atoms with van der Waals surface area (Å²) in [5, 5.41) is 10.8. The number of fused-ring (bicyclic) bond motifs is 3. The van der Waals surface area contributed by atoms with Crippen LogP contribution in [0.2, 0.25) is 0 Å². The summed E-state index contributed by atoms with van der Waals surface area (Å²) in [6.45, 7) is 6.47. The van der Waals surface area contributed by atoms with Crippen LogP contribution in [-0.4, -0.2) is 72.8 Å². The summed E-state index contributed by atoms with van der Waals surface area (Å²) in [5.74, 6) is 0.967. The third-order valence-electron chi connectivity index (χ3n) is 8.11. The summed E-state index contributed by atoms with van der Waals surface area (Å²) in [6, 6.07) is 24.2. The van der Waals surface area contributed by atoms with Crippen LogP contribution >= 0.6 is 27.7 Å². The van der Waals surface area contributed by atoms with Gasteiger partial charge >= 0.3 is 0 Å². The van der Waals surface area contributed by atoms with Gasteiger partial charge in [0.2, 0.25) is 11.1 Å². The minimum Gasteiger partial charge on any atom is -0.339 e. The predicted molar refractivity (Wildman–Crippen MR) is 179 cm³/mol. The van der Waals surface area contributed by atoms with Gasteiger partial charge in [-0.15, -0.1) is 10.2 Å². The fourth-order valence-corrected chi connectivity index (χ4v) is 7.00. The number of halogens is 1. The number of hydrogen-bond donors (Lipinski definition) is 0. The summed E-state index contributed by atoms with van der Waals surface area (Å²) in [7, 11) is 0. The van der Waals surface area contributed by atoms with E-state index in [0.29, 0.717) is 43.3 Å². The zero-order valence-corrected chi connectivity index (χ0v) is 27.4. The van der Waals surface area contributed by atoms with Crippen LogP contribution in [-0.2, 0) is 11.3 Å². The molecule has 10 heteroatoms. The van der Waals surface area contributed by atoms with Crippen molar-refractivity contribution in [1.29, 1.82) is 0 Å². The first kappa shape index (κ1) is 30.3. The normalized spacial score (nSPS) is 15.3. The number of aryl methyl sites for hydroxylation is 1. The third kappa shape index (κ3) is 6.66. The van der Waals surface area contributed by atoms with E-state index in [9.17, 15) is 9.59 Å². The highest BCUT2D eigenvalue weighted by atomic mass is 79.9. The number of thioether (sulfide) groups is 1. The maximum atomic E-state index is 13.0. The van der Waals surface area contributed by atoms with Gasteiger partial charge in [0.25, 0.3) is 5.91 Å². The first-order chi connectivity index (χ1) is 21.4. The Morgan fingerprint density at radius 1 is 0.977 bits per heavy atom. The Balaban J connectivity index is 1.03. The Kier molecular flexibility index (Phi) is 9.28. The number of unbranched alkanes of at least 4 members (excludes halogenated alkanes) is 1. The molecule has 1 aliphatic rings. The molecule has 226 valence electrons. The average molecular weight is 672 g/mol. The lowest BCUT2D eigenvalue weighted by molar-refractivity contribution is -0.133. The Morgan fingerprint density at radius 3 is 2.61 bits per heavy atom. The van der Waals surface area contributed by atoms with Gasteiger partial charge < -0.3 is 14.4 Å². The number of piperazine rings is 1. The number of rotatable bonds is 9. The van der Waals surface area contributed by atoms with Gasteiger partial charge in [-0.3, -0.25) is 9.59 Å². The van der Waals surface area contributed by atoms with E-state index in [1.54, 1.807) is 11.8 Å². The minimum absolute atomic E-state index is 0.00775. The predicted octanol–water partition coefficient (Wildman–Crippen LogP) is 6.73. The number of nitrogens with zero attached hydrogens (tertiary/aromatic N) is 6. The number of hydrogen-bond acceptors (Lipinski definition) is 6. The zero-order chi connectivity index (χ0) is 30.6. The lowest BCUT2D eigenvalue weighted by atomic mass is 10.1. The third-order valence-corrected chi connectivity index (χ3v) is 9.53. The van der Waals surface area contributed by atoms with Crippen molar-refractivity contribution in [2.75, 3.05) is 25.4 Å². The topological polar surface area (TPSA) is 84.2 Å². The second-order valence-corrected chi connectivity index (χ2v) is 13.3.